The second-order valence-corrected chi connectivity index (χ2v) is 8.19. The molecule has 0 aliphatic carbocycles. The molecule has 3 rings (SSSR count). The number of aromatic nitrogens is 1. The Labute approximate surface area is 134 Å². The number of hydrogen-bond acceptors (Lipinski definition) is 3. The first-order valence-electron chi connectivity index (χ1n) is 7.61. The molecular formula is C16H19FN2O3S. The Bertz CT molecular complexity index is 873. The van der Waals surface area contributed by atoms with Crippen molar-refractivity contribution in [3.8, 4) is 0 Å². The minimum absolute atomic E-state index is 0.0144. The highest BCUT2D eigenvalue weighted by molar-refractivity contribution is 7.91. The van der Waals surface area contributed by atoms with Crippen LogP contribution in [-0.2, 0) is 9.84 Å². The lowest BCUT2D eigenvalue weighted by Gasteiger charge is -2.26. The van der Waals surface area contributed by atoms with Crippen LogP contribution in [0.5, 0.6) is 0 Å². The van der Waals surface area contributed by atoms with E-state index in [1.54, 1.807) is 17.9 Å². The molecule has 1 aromatic carbocycles. The summed E-state index contributed by atoms with van der Waals surface area (Å²) in [6.45, 7) is 4.04. The number of sulfone groups is 1. The summed E-state index contributed by atoms with van der Waals surface area (Å²) in [6.07, 6.45) is 0.468. The van der Waals surface area contributed by atoms with Crippen LogP contribution in [0.3, 0.4) is 0 Å². The largest absolute Gasteiger partial charge is 0.350 e. The molecule has 0 bridgehead atoms. The second-order valence-electron chi connectivity index (χ2n) is 5.96. The maximum atomic E-state index is 13.4. The number of carbonyl (C=O) groups is 1. The van der Waals surface area contributed by atoms with Gasteiger partial charge in [-0.25, -0.2) is 12.8 Å². The van der Waals surface area contributed by atoms with E-state index < -0.39 is 9.84 Å². The quantitative estimate of drug-likeness (QED) is 0.933. The monoisotopic (exact) mass is 338 g/mol. The van der Waals surface area contributed by atoms with Gasteiger partial charge in [0, 0.05) is 23.5 Å². The Hall–Kier alpha value is -1.89. The van der Waals surface area contributed by atoms with Crippen molar-refractivity contribution in [2.24, 2.45) is 0 Å². The minimum Gasteiger partial charge on any atom is -0.350 e. The highest BCUT2D eigenvalue weighted by atomic mass is 32.2. The molecule has 7 heteroatoms. The maximum absolute atomic E-state index is 13.4. The average molecular weight is 338 g/mol. The van der Waals surface area contributed by atoms with Crippen LogP contribution in [0.1, 0.15) is 29.4 Å². The summed E-state index contributed by atoms with van der Waals surface area (Å²) in [5.41, 5.74) is 1.78. The molecule has 0 spiro atoms. The van der Waals surface area contributed by atoms with Crippen LogP contribution >= 0.6 is 0 Å². The molecule has 5 nitrogen and oxygen atoms in total. The van der Waals surface area contributed by atoms with Crippen molar-refractivity contribution in [3.05, 3.63) is 35.3 Å². The van der Waals surface area contributed by atoms with Gasteiger partial charge in [-0.1, -0.05) is 0 Å². The standard InChI is InChI=1S/C16H19FN2O3S/c1-3-19(12-6-7-23(21,22)9-12)16(20)15-10(2)13-8-11(17)4-5-14(13)18-15/h4-5,8,12,18H,3,6-7,9H2,1-2H3. The first-order chi connectivity index (χ1) is 10.8. The third-order valence-electron chi connectivity index (χ3n) is 4.48. The van der Waals surface area contributed by atoms with Crippen LogP contribution in [0, 0.1) is 12.7 Å². The van der Waals surface area contributed by atoms with E-state index in [-0.39, 0.29) is 29.3 Å². The molecular weight excluding hydrogens is 319 g/mol. The predicted molar refractivity (Wildman–Crippen MR) is 86.8 cm³/mol. The summed E-state index contributed by atoms with van der Waals surface area (Å²) in [4.78, 5) is 17.5. The molecule has 1 fully saturated rings. The fourth-order valence-corrected chi connectivity index (χ4v) is 4.98. The van der Waals surface area contributed by atoms with E-state index in [1.807, 2.05) is 6.92 Å². The lowest BCUT2D eigenvalue weighted by atomic mass is 10.1. The fraction of sp³-hybridized carbons (Fsp3) is 0.438. The molecule has 23 heavy (non-hydrogen) atoms. The van der Waals surface area contributed by atoms with Crippen LogP contribution in [0.2, 0.25) is 0 Å². The number of aromatic amines is 1. The van der Waals surface area contributed by atoms with Crippen molar-refractivity contribution in [3.63, 3.8) is 0 Å². The zero-order valence-electron chi connectivity index (χ0n) is 13.1. The van der Waals surface area contributed by atoms with E-state index in [9.17, 15) is 17.6 Å². The number of halogens is 1. The lowest BCUT2D eigenvalue weighted by Crippen LogP contribution is -2.41. The molecule has 1 aliphatic rings. The average Bonchev–Trinajstić information content (AvgIpc) is 3.00. The van der Waals surface area contributed by atoms with Gasteiger partial charge in [-0.2, -0.15) is 0 Å². The number of fused-ring (bicyclic) bond motifs is 1. The Kier molecular flexibility index (Phi) is 3.91. The summed E-state index contributed by atoms with van der Waals surface area (Å²) in [7, 11) is -3.06. The zero-order chi connectivity index (χ0) is 16.8. The van der Waals surface area contributed by atoms with E-state index in [0.717, 1.165) is 0 Å². The molecule has 1 N–H and O–H groups in total. The van der Waals surface area contributed by atoms with Crippen LogP contribution in [0.25, 0.3) is 10.9 Å². The SMILES string of the molecule is CCN(C(=O)c1[nH]c2ccc(F)cc2c1C)C1CCS(=O)(=O)C1. The van der Waals surface area contributed by atoms with E-state index in [2.05, 4.69) is 4.98 Å². The zero-order valence-corrected chi connectivity index (χ0v) is 13.9. The third-order valence-corrected chi connectivity index (χ3v) is 6.24. The first-order valence-corrected chi connectivity index (χ1v) is 9.43. The smallest absolute Gasteiger partial charge is 0.270 e. The molecule has 1 amide bonds. The Morgan fingerprint density at radius 3 is 2.78 bits per heavy atom. The molecule has 0 radical (unpaired) electrons. The topological polar surface area (TPSA) is 70.2 Å². The molecule has 1 aliphatic heterocycles. The van der Waals surface area contributed by atoms with Crippen molar-refractivity contribution >= 4 is 26.6 Å². The highest BCUT2D eigenvalue weighted by Gasteiger charge is 2.35. The fourth-order valence-electron chi connectivity index (χ4n) is 3.25. The van der Waals surface area contributed by atoms with Crippen LogP contribution < -0.4 is 0 Å². The number of carbonyl (C=O) groups excluding carboxylic acids is 1. The van der Waals surface area contributed by atoms with Crippen molar-refractivity contribution in [1.82, 2.24) is 9.88 Å². The van der Waals surface area contributed by atoms with Gasteiger partial charge in [0.2, 0.25) is 0 Å². The summed E-state index contributed by atoms with van der Waals surface area (Å²) in [5.74, 6) is -0.449. The molecule has 1 atom stereocenters. The number of aryl methyl sites for hydroxylation is 1. The van der Waals surface area contributed by atoms with Crippen molar-refractivity contribution in [1.29, 1.82) is 0 Å². The van der Waals surface area contributed by atoms with Gasteiger partial charge in [0.25, 0.3) is 5.91 Å². The maximum Gasteiger partial charge on any atom is 0.270 e. The summed E-state index contributed by atoms with van der Waals surface area (Å²) in [6, 6.07) is 4.05. The van der Waals surface area contributed by atoms with Crippen molar-refractivity contribution in [2.45, 2.75) is 26.3 Å². The minimum atomic E-state index is -3.06. The molecule has 0 saturated carbocycles. The summed E-state index contributed by atoms with van der Waals surface area (Å²) in [5, 5.41) is 0.670. The summed E-state index contributed by atoms with van der Waals surface area (Å²) < 4.78 is 36.8. The number of hydrogen-bond donors (Lipinski definition) is 1. The van der Waals surface area contributed by atoms with E-state index in [1.165, 1.54) is 12.1 Å². The van der Waals surface area contributed by atoms with Crippen LogP contribution in [0.15, 0.2) is 18.2 Å². The third kappa shape index (κ3) is 2.85. The van der Waals surface area contributed by atoms with Gasteiger partial charge >= 0.3 is 0 Å². The van der Waals surface area contributed by atoms with Gasteiger partial charge in [0.1, 0.15) is 11.5 Å². The number of nitrogens with one attached hydrogen (secondary N) is 1. The molecule has 1 saturated heterocycles. The van der Waals surface area contributed by atoms with Gasteiger partial charge < -0.3 is 9.88 Å². The Morgan fingerprint density at radius 1 is 1.43 bits per heavy atom. The van der Waals surface area contributed by atoms with Gasteiger partial charge in [0.05, 0.1) is 11.5 Å². The number of H-pyrrole nitrogens is 1. The molecule has 124 valence electrons. The Morgan fingerprint density at radius 2 is 2.17 bits per heavy atom. The van der Waals surface area contributed by atoms with Crippen molar-refractivity contribution in [2.75, 3.05) is 18.1 Å². The number of benzene rings is 1. The van der Waals surface area contributed by atoms with E-state index in [0.29, 0.717) is 35.1 Å². The lowest BCUT2D eigenvalue weighted by molar-refractivity contribution is 0.0702. The molecule has 2 aromatic rings. The normalized spacial score (nSPS) is 20.0. The summed E-state index contributed by atoms with van der Waals surface area (Å²) >= 11 is 0. The van der Waals surface area contributed by atoms with Crippen LogP contribution in [0.4, 0.5) is 4.39 Å². The first kappa shape index (κ1) is 16.0. The van der Waals surface area contributed by atoms with Crippen LogP contribution in [-0.4, -0.2) is 48.3 Å². The Balaban J connectivity index is 1.97. The second kappa shape index (κ2) is 5.63. The van der Waals surface area contributed by atoms with Gasteiger partial charge in [-0.3, -0.25) is 4.79 Å². The van der Waals surface area contributed by atoms with Gasteiger partial charge in [-0.05, 0) is 44.0 Å². The molecule has 2 heterocycles. The number of amides is 1. The predicted octanol–water partition coefficient (Wildman–Crippen LogP) is 2.26. The number of rotatable bonds is 3. The van der Waals surface area contributed by atoms with Crippen molar-refractivity contribution < 1.29 is 17.6 Å². The molecule has 1 aromatic heterocycles. The van der Waals surface area contributed by atoms with Gasteiger partial charge in [-0.15, -0.1) is 0 Å². The van der Waals surface area contributed by atoms with E-state index >= 15 is 0 Å². The van der Waals surface area contributed by atoms with Gasteiger partial charge in [0.15, 0.2) is 9.84 Å². The van der Waals surface area contributed by atoms with E-state index in [4.69, 9.17) is 0 Å². The highest BCUT2D eigenvalue weighted by Crippen LogP contribution is 2.26. The molecule has 1 unspecified atom stereocenters. The number of nitrogens with zero attached hydrogens (tertiary/aromatic N) is 1.